The minimum absolute atomic E-state index is 0.629. The summed E-state index contributed by atoms with van der Waals surface area (Å²) in [6.45, 7) is 3.49. The number of guanidine groups is 1. The van der Waals surface area contributed by atoms with Gasteiger partial charge in [0.25, 0.3) is 0 Å². The van der Waals surface area contributed by atoms with E-state index < -0.39 is 0 Å². The number of hydrogen-bond donors (Lipinski definition) is 3. The van der Waals surface area contributed by atoms with Gasteiger partial charge in [-0.1, -0.05) is 0 Å². The highest BCUT2D eigenvalue weighted by Gasteiger charge is 1.95. The van der Waals surface area contributed by atoms with Crippen LogP contribution >= 0.6 is 11.3 Å². The summed E-state index contributed by atoms with van der Waals surface area (Å²) in [7, 11) is 0. The van der Waals surface area contributed by atoms with Gasteiger partial charge in [0, 0.05) is 31.1 Å². The van der Waals surface area contributed by atoms with E-state index in [1.807, 2.05) is 12.3 Å². The summed E-state index contributed by atoms with van der Waals surface area (Å²) in [5.74, 6) is 5.89. The third-order valence-electron chi connectivity index (χ3n) is 1.56. The number of aliphatic imine (C=N–C) groups is 1. The molecule has 1 aromatic heterocycles. The second-order valence-corrected chi connectivity index (χ2v) is 3.56. The lowest BCUT2D eigenvalue weighted by molar-refractivity contribution is 0.842. The Labute approximate surface area is 87.4 Å². The van der Waals surface area contributed by atoms with E-state index in [9.17, 15) is 0 Å². The Balaban J connectivity index is 2.30. The zero-order valence-corrected chi connectivity index (χ0v) is 8.97. The predicted molar refractivity (Wildman–Crippen MR) is 59.1 cm³/mol. The quantitative estimate of drug-likeness (QED) is 0.287. The first-order valence-electron chi connectivity index (χ1n) is 4.50. The van der Waals surface area contributed by atoms with Crippen LogP contribution in [0.1, 0.15) is 11.9 Å². The highest BCUT2D eigenvalue weighted by molar-refractivity contribution is 7.09. The molecule has 1 rings (SSSR count). The van der Waals surface area contributed by atoms with Crippen LogP contribution in [0.3, 0.4) is 0 Å². The van der Waals surface area contributed by atoms with Crippen molar-refractivity contribution in [1.29, 1.82) is 0 Å². The van der Waals surface area contributed by atoms with Crippen molar-refractivity contribution in [1.82, 2.24) is 15.7 Å². The van der Waals surface area contributed by atoms with E-state index in [2.05, 4.69) is 20.7 Å². The molecule has 0 atom stereocenters. The van der Waals surface area contributed by atoms with Crippen LogP contribution in [0.25, 0.3) is 0 Å². The second-order valence-electron chi connectivity index (χ2n) is 2.58. The van der Waals surface area contributed by atoms with Crippen molar-refractivity contribution < 1.29 is 0 Å². The molecule has 0 radical (unpaired) electrons. The van der Waals surface area contributed by atoms with Gasteiger partial charge in [0.05, 0.1) is 5.01 Å². The third-order valence-corrected chi connectivity index (χ3v) is 2.40. The highest BCUT2D eigenvalue weighted by Crippen LogP contribution is 2.03. The van der Waals surface area contributed by atoms with Gasteiger partial charge in [-0.15, -0.1) is 11.3 Å². The van der Waals surface area contributed by atoms with Crippen LogP contribution < -0.4 is 16.6 Å². The lowest BCUT2D eigenvalue weighted by atomic mass is 10.4. The van der Waals surface area contributed by atoms with Crippen LogP contribution in [-0.2, 0) is 6.42 Å². The number of nitrogens with zero attached hydrogens (tertiary/aromatic N) is 2. The normalized spacial score (nSPS) is 11.4. The Kier molecular flexibility index (Phi) is 4.95. The molecule has 0 aliphatic rings. The molecule has 6 heteroatoms. The minimum Gasteiger partial charge on any atom is -0.356 e. The minimum atomic E-state index is 0.629. The Bertz CT molecular complexity index is 269. The SMILES string of the molecule is CCNC(=NCCc1nccs1)NN. The molecule has 0 bridgehead atoms. The number of nitrogens with one attached hydrogen (secondary N) is 2. The maximum Gasteiger partial charge on any atom is 0.205 e. The number of hydrazine groups is 1. The van der Waals surface area contributed by atoms with Crippen LogP contribution in [0.4, 0.5) is 0 Å². The first-order chi connectivity index (χ1) is 6.86. The fraction of sp³-hybridized carbons (Fsp3) is 0.500. The Morgan fingerprint density at radius 3 is 3.14 bits per heavy atom. The van der Waals surface area contributed by atoms with Gasteiger partial charge < -0.3 is 5.32 Å². The molecule has 0 amide bonds. The molecule has 78 valence electrons. The number of nitrogens with two attached hydrogens (primary N) is 1. The van der Waals surface area contributed by atoms with Crippen molar-refractivity contribution in [3.05, 3.63) is 16.6 Å². The van der Waals surface area contributed by atoms with Crippen LogP contribution in [0, 0.1) is 0 Å². The lowest BCUT2D eigenvalue weighted by Crippen LogP contribution is -2.41. The molecule has 14 heavy (non-hydrogen) atoms. The third kappa shape index (κ3) is 3.71. The van der Waals surface area contributed by atoms with Crippen LogP contribution in [0.2, 0.25) is 0 Å². The number of rotatable bonds is 4. The van der Waals surface area contributed by atoms with Crippen molar-refractivity contribution in [2.45, 2.75) is 13.3 Å². The summed E-state index contributed by atoms with van der Waals surface area (Å²) < 4.78 is 0. The van der Waals surface area contributed by atoms with Gasteiger partial charge in [-0.3, -0.25) is 10.4 Å². The van der Waals surface area contributed by atoms with E-state index in [0.717, 1.165) is 18.0 Å². The predicted octanol–water partition coefficient (Wildman–Crippen LogP) is 0.114. The van der Waals surface area contributed by atoms with Gasteiger partial charge >= 0.3 is 0 Å². The molecule has 4 N–H and O–H groups in total. The monoisotopic (exact) mass is 213 g/mol. The van der Waals surface area contributed by atoms with Crippen LogP contribution in [-0.4, -0.2) is 24.0 Å². The maximum atomic E-state index is 5.26. The molecule has 0 aliphatic carbocycles. The molecule has 1 heterocycles. The van der Waals surface area contributed by atoms with E-state index in [-0.39, 0.29) is 0 Å². The van der Waals surface area contributed by atoms with Crippen molar-refractivity contribution in [3.63, 3.8) is 0 Å². The van der Waals surface area contributed by atoms with Gasteiger partial charge in [-0.05, 0) is 6.92 Å². The van der Waals surface area contributed by atoms with Crippen molar-refractivity contribution in [2.24, 2.45) is 10.8 Å². The van der Waals surface area contributed by atoms with Gasteiger partial charge in [-0.25, -0.2) is 10.8 Å². The first-order valence-corrected chi connectivity index (χ1v) is 5.38. The molecular formula is C8H15N5S. The molecule has 1 aromatic rings. The number of hydrogen-bond acceptors (Lipinski definition) is 4. The Morgan fingerprint density at radius 1 is 1.71 bits per heavy atom. The van der Waals surface area contributed by atoms with Crippen molar-refractivity contribution in [2.75, 3.05) is 13.1 Å². The van der Waals surface area contributed by atoms with Gasteiger partial charge in [0.1, 0.15) is 0 Å². The molecule has 0 saturated heterocycles. The highest BCUT2D eigenvalue weighted by atomic mass is 32.1. The standard InChI is InChI=1S/C8H15N5S/c1-2-10-8(13-9)12-4-3-7-11-5-6-14-7/h5-6H,2-4,9H2,1H3,(H2,10,12,13). The summed E-state index contributed by atoms with van der Waals surface area (Å²) in [4.78, 5) is 8.41. The number of aromatic nitrogens is 1. The van der Waals surface area contributed by atoms with E-state index in [1.165, 1.54) is 0 Å². The lowest BCUT2D eigenvalue weighted by Gasteiger charge is -2.05. The summed E-state index contributed by atoms with van der Waals surface area (Å²) in [5, 5.41) is 6.07. The van der Waals surface area contributed by atoms with Gasteiger partial charge in [-0.2, -0.15) is 0 Å². The molecule has 0 aromatic carbocycles. The molecule has 0 spiro atoms. The summed E-state index contributed by atoms with van der Waals surface area (Å²) in [6.07, 6.45) is 2.66. The Morgan fingerprint density at radius 2 is 2.57 bits per heavy atom. The topological polar surface area (TPSA) is 75.3 Å². The van der Waals surface area contributed by atoms with E-state index in [1.54, 1.807) is 17.5 Å². The van der Waals surface area contributed by atoms with Gasteiger partial charge in [0.2, 0.25) is 5.96 Å². The molecule has 0 aliphatic heterocycles. The molecule has 5 nitrogen and oxygen atoms in total. The average Bonchev–Trinajstić information content (AvgIpc) is 2.69. The largest absolute Gasteiger partial charge is 0.356 e. The fourth-order valence-electron chi connectivity index (χ4n) is 0.960. The zero-order chi connectivity index (χ0) is 10.2. The molecule has 0 fully saturated rings. The summed E-state index contributed by atoms with van der Waals surface area (Å²) in [5.41, 5.74) is 2.50. The summed E-state index contributed by atoms with van der Waals surface area (Å²) >= 11 is 1.64. The van der Waals surface area contributed by atoms with Crippen LogP contribution in [0.5, 0.6) is 0 Å². The maximum absolute atomic E-state index is 5.26. The molecule has 0 unspecified atom stereocenters. The van der Waals surface area contributed by atoms with Crippen molar-refractivity contribution in [3.8, 4) is 0 Å². The Hall–Kier alpha value is -1.14. The molecular weight excluding hydrogens is 198 g/mol. The molecule has 0 saturated carbocycles. The first kappa shape index (κ1) is 10.9. The second kappa shape index (κ2) is 6.33. The van der Waals surface area contributed by atoms with Crippen molar-refractivity contribution >= 4 is 17.3 Å². The van der Waals surface area contributed by atoms with Gasteiger partial charge in [0.15, 0.2) is 0 Å². The van der Waals surface area contributed by atoms with E-state index in [4.69, 9.17) is 5.84 Å². The number of thiazole rings is 1. The fourth-order valence-corrected chi connectivity index (χ4v) is 1.57. The smallest absolute Gasteiger partial charge is 0.205 e. The summed E-state index contributed by atoms with van der Waals surface area (Å²) in [6, 6.07) is 0. The average molecular weight is 213 g/mol. The van der Waals surface area contributed by atoms with E-state index in [0.29, 0.717) is 12.5 Å². The zero-order valence-electron chi connectivity index (χ0n) is 8.16. The van der Waals surface area contributed by atoms with Crippen LogP contribution in [0.15, 0.2) is 16.6 Å². The van der Waals surface area contributed by atoms with E-state index >= 15 is 0 Å².